The number of hydrogen-bond donors (Lipinski definition) is 1. The van der Waals surface area contributed by atoms with Crippen LogP contribution < -0.4 is 5.32 Å². The average molecular weight is 397 g/mol. The number of carbonyl (C=O) groups is 2. The maximum Gasteiger partial charge on any atom is 0.227 e. The Morgan fingerprint density at radius 1 is 1.08 bits per heavy atom. The van der Waals surface area contributed by atoms with Crippen molar-refractivity contribution in [2.24, 2.45) is 17.8 Å². The Balaban J connectivity index is 1.51. The minimum absolute atomic E-state index is 0.0216. The lowest BCUT2D eigenvalue weighted by Crippen LogP contribution is -2.43. The molecule has 4 nitrogen and oxygen atoms in total. The van der Waals surface area contributed by atoms with Crippen LogP contribution in [0.25, 0.3) is 0 Å². The summed E-state index contributed by atoms with van der Waals surface area (Å²) in [5.41, 5.74) is 0.585. The van der Waals surface area contributed by atoms with Crippen molar-refractivity contribution in [1.82, 2.24) is 4.90 Å². The van der Waals surface area contributed by atoms with Crippen molar-refractivity contribution in [2.75, 3.05) is 18.4 Å². The van der Waals surface area contributed by atoms with Crippen LogP contribution in [0, 0.1) is 17.8 Å². The van der Waals surface area contributed by atoms with Crippen LogP contribution in [0.5, 0.6) is 0 Å². The zero-order valence-corrected chi connectivity index (χ0v) is 16.7. The van der Waals surface area contributed by atoms with Crippen LogP contribution in [0.1, 0.15) is 45.4 Å². The van der Waals surface area contributed by atoms with Crippen LogP contribution in [0.15, 0.2) is 18.2 Å². The minimum atomic E-state index is -0.0638. The van der Waals surface area contributed by atoms with Gasteiger partial charge in [-0.2, -0.15) is 0 Å². The Labute approximate surface area is 165 Å². The van der Waals surface area contributed by atoms with E-state index in [4.69, 9.17) is 23.2 Å². The van der Waals surface area contributed by atoms with E-state index >= 15 is 0 Å². The quantitative estimate of drug-likeness (QED) is 0.781. The van der Waals surface area contributed by atoms with Crippen LogP contribution in [-0.4, -0.2) is 29.8 Å². The average Bonchev–Trinajstić information content (AvgIpc) is 2.63. The molecule has 1 saturated carbocycles. The second kappa shape index (κ2) is 8.62. The van der Waals surface area contributed by atoms with Gasteiger partial charge in [0.2, 0.25) is 11.8 Å². The summed E-state index contributed by atoms with van der Waals surface area (Å²) in [6.07, 6.45) is 5.39. The number of benzene rings is 1. The molecule has 1 unspecified atom stereocenters. The zero-order chi connectivity index (χ0) is 18.7. The Bertz CT molecular complexity index is 672. The monoisotopic (exact) mass is 396 g/mol. The third-order valence-electron chi connectivity index (χ3n) is 5.60. The molecule has 1 N–H and O–H groups in total. The summed E-state index contributed by atoms with van der Waals surface area (Å²) in [4.78, 5) is 27.3. The molecule has 1 atom stereocenters. The van der Waals surface area contributed by atoms with Gasteiger partial charge >= 0.3 is 0 Å². The molecule has 6 heteroatoms. The lowest BCUT2D eigenvalue weighted by molar-refractivity contribution is -0.139. The first-order valence-corrected chi connectivity index (χ1v) is 10.2. The predicted molar refractivity (Wildman–Crippen MR) is 106 cm³/mol. The summed E-state index contributed by atoms with van der Waals surface area (Å²) in [5, 5.41) is 3.88. The van der Waals surface area contributed by atoms with Crippen molar-refractivity contribution in [3.63, 3.8) is 0 Å². The molecule has 2 fully saturated rings. The molecule has 1 saturated heterocycles. The molecule has 0 aromatic heterocycles. The topological polar surface area (TPSA) is 49.4 Å². The van der Waals surface area contributed by atoms with Crippen molar-refractivity contribution < 1.29 is 9.59 Å². The first-order valence-electron chi connectivity index (χ1n) is 9.48. The highest BCUT2D eigenvalue weighted by Crippen LogP contribution is 2.33. The van der Waals surface area contributed by atoms with Gasteiger partial charge < -0.3 is 10.2 Å². The molecular weight excluding hydrogens is 371 g/mol. The minimum Gasteiger partial charge on any atom is -0.342 e. The van der Waals surface area contributed by atoms with E-state index in [1.807, 2.05) is 4.90 Å². The molecule has 0 bridgehead atoms. The van der Waals surface area contributed by atoms with E-state index in [2.05, 4.69) is 12.2 Å². The number of hydrogen-bond acceptors (Lipinski definition) is 2. The highest BCUT2D eigenvalue weighted by atomic mass is 35.5. The fourth-order valence-corrected chi connectivity index (χ4v) is 4.53. The van der Waals surface area contributed by atoms with Gasteiger partial charge in [0.1, 0.15) is 0 Å². The third-order valence-corrected chi connectivity index (χ3v) is 6.15. The summed E-state index contributed by atoms with van der Waals surface area (Å²) in [6.45, 7) is 3.98. The summed E-state index contributed by atoms with van der Waals surface area (Å²) in [5.74, 6) is 0.872. The normalized spacial score (nSPS) is 26.4. The van der Waals surface area contributed by atoms with Crippen LogP contribution in [0.3, 0.4) is 0 Å². The molecule has 0 radical (unpaired) electrons. The Kier molecular flexibility index (Phi) is 6.46. The molecular formula is C20H26Cl2N2O2. The lowest BCUT2D eigenvalue weighted by atomic mass is 9.80. The zero-order valence-electron chi connectivity index (χ0n) is 15.1. The first-order chi connectivity index (χ1) is 12.4. The van der Waals surface area contributed by atoms with Gasteiger partial charge in [-0.3, -0.25) is 9.59 Å². The highest BCUT2D eigenvalue weighted by Gasteiger charge is 2.33. The largest absolute Gasteiger partial charge is 0.342 e. The summed E-state index contributed by atoms with van der Waals surface area (Å²) in [7, 11) is 0. The second-order valence-electron chi connectivity index (χ2n) is 7.69. The maximum atomic E-state index is 12.7. The lowest BCUT2D eigenvalue weighted by Gasteiger charge is -2.35. The van der Waals surface area contributed by atoms with Crippen molar-refractivity contribution >= 4 is 40.7 Å². The van der Waals surface area contributed by atoms with E-state index in [1.165, 1.54) is 6.42 Å². The van der Waals surface area contributed by atoms with Gasteiger partial charge in [0.25, 0.3) is 0 Å². The number of carbonyl (C=O) groups excluding carboxylic acids is 2. The van der Waals surface area contributed by atoms with Crippen molar-refractivity contribution in [2.45, 2.75) is 45.4 Å². The fraction of sp³-hybridized carbons (Fsp3) is 0.600. The van der Waals surface area contributed by atoms with Crippen molar-refractivity contribution in [3.05, 3.63) is 28.2 Å². The smallest absolute Gasteiger partial charge is 0.227 e. The second-order valence-corrected chi connectivity index (χ2v) is 8.54. The number of likely N-dealkylation sites (tertiary alicyclic amines) is 1. The predicted octanol–water partition coefficient (Wildman–Crippen LogP) is 5.00. The van der Waals surface area contributed by atoms with Gasteiger partial charge in [-0.15, -0.1) is 0 Å². The van der Waals surface area contributed by atoms with E-state index in [-0.39, 0.29) is 23.7 Å². The molecule has 2 aliphatic rings. The van der Waals surface area contributed by atoms with Crippen LogP contribution in [0.2, 0.25) is 10.0 Å². The van der Waals surface area contributed by atoms with Crippen LogP contribution in [0.4, 0.5) is 5.69 Å². The van der Waals surface area contributed by atoms with Gasteiger partial charge in [-0.1, -0.05) is 30.1 Å². The Morgan fingerprint density at radius 3 is 2.42 bits per heavy atom. The number of nitrogens with one attached hydrogen (secondary N) is 1. The molecule has 26 heavy (non-hydrogen) atoms. The van der Waals surface area contributed by atoms with Gasteiger partial charge in [0.15, 0.2) is 0 Å². The SMILES string of the molecule is CC1CCCN(C(=O)C2CCC(C(=O)Nc3ccc(Cl)cc3Cl)CC2)C1. The van der Waals surface area contributed by atoms with Gasteiger partial charge in [-0.25, -0.2) is 0 Å². The molecule has 2 amide bonds. The Hall–Kier alpha value is -1.26. The molecule has 0 spiro atoms. The van der Waals surface area contributed by atoms with Gasteiger partial charge in [0, 0.05) is 29.9 Å². The van der Waals surface area contributed by atoms with Gasteiger partial charge in [0.05, 0.1) is 10.7 Å². The molecule has 3 rings (SSSR count). The number of halogens is 2. The molecule has 1 aromatic carbocycles. The maximum absolute atomic E-state index is 12.7. The number of anilines is 1. The fourth-order valence-electron chi connectivity index (χ4n) is 4.08. The molecule has 1 aliphatic carbocycles. The summed E-state index contributed by atoms with van der Waals surface area (Å²) < 4.78 is 0. The third kappa shape index (κ3) is 4.72. The molecule has 1 aliphatic heterocycles. The molecule has 142 valence electrons. The first kappa shape index (κ1) is 19.5. The summed E-state index contributed by atoms with van der Waals surface area (Å²) in [6, 6.07) is 5.04. The van der Waals surface area contributed by atoms with E-state index in [9.17, 15) is 9.59 Å². The molecule has 1 aromatic rings. The number of nitrogens with zero attached hydrogens (tertiary/aromatic N) is 1. The summed E-state index contributed by atoms with van der Waals surface area (Å²) >= 11 is 12.0. The number of piperidine rings is 1. The highest BCUT2D eigenvalue weighted by molar-refractivity contribution is 6.36. The Morgan fingerprint density at radius 2 is 1.77 bits per heavy atom. The van der Waals surface area contributed by atoms with E-state index in [0.29, 0.717) is 21.7 Å². The van der Waals surface area contributed by atoms with E-state index in [1.54, 1.807) is 18.2 Å². The van der Waals surface area contributed by atoms with Crippen molar-refractivity contribution in [1.29, 1.82) is 0 Å². The van der Waals surface area contributed by atoms with E-state index < -0.39 is 0 Å². The van der Waals surface area contributed by atoms with E-state index in [0.717, 1.165) is 45.2 Å². The van der Waals surface area contributed by atoms with Crippen molar-refractivity contribution in [3.8, 4) is 0 Å². The van der Waals surface area contributed by atoms with Crippen LogP contribution >= 0.6 is 23.2 Å². The van der Waals surface area contributed by atoms with Gasteiger partial charge in [-0.05, 0) is 62.6 Å². The number of rotatable bonds is 3. The number of amides is 2. The van der Waals surface area contributed by atoms with Crippen LogP contribution in [-0.2, 0) is 9.59 Å². The standard InChI is InChI=1S/C20H26Cl2N2O2/c1-13-3-2-10-24(12-13)20(26)15-6-4-14(5-7-15)19(25)23-18-9-8-16(21)11-17(18)22/h8-9,11,13-15H,2-7,10,12H2,1H3,(H,23,25). The molecule has 1 heterocycles.